The molecule has 0 spiro atoms. The SMILES string of the molecule is Cc1ccc2c(c1)C(CCC(=O)O)CN2C(=O)C(F)(F)F. The number of carboxylic acid groups (broad SMARTS) is 1. The molecule has 1 N–H and O–H groups in total. The van der Waals surface area contributed by atoms with Crippen LogP contribution < -0.4 is 4.90 Å². The van der Waals surface area contributed by atoms with Crippen molar-refractivity contribution >= 4 is 17.6 Å². The van der Waals surface area contributed by atoms with Crippen LogP contribution in [0.2, 0.25) is 0 Å². The van der Waals surface area contributed by atoms with E-state index in [-0.39, 0.29) is 31.0 Å². The number of alkyl halides is 3. The average molecular weight is 301 g/mol. The minimum absolute atomic E-state index is 0.135. The molecule has 0 saturated heterocycles. The number of hydrogen-bond donors (Lipinski definition) is 1. The molecule has 1 aliphatic rings. The van der Waals surface area contributed by atoms with E-state index >= 15 is 0 Å². The highest BCUT2D eigenvalue weighted by atomic mass is 19.4. The fourth-order valence-electron chi connectivity index (χ4n) is 2.55. The van der Waals surface area contributed by atoms with Crippen LogP contribution in [0, 0.1) is 6.92 Å². The van der Waals surface area contributed by atoms with E-state index in [0.29, 0.717) is 10.5 Å². The molecular weight excluding hydrogens is 287 g/mol. The third kappa shape index (κ3) is 3.17. The third-order valence-electron chi connectivity index (χ3n) is 3.51. The molecule has 1 aromatic carbocycles. The third-order valence-corrected chi connectivity index (χ3v) is 3.51. The van der Waals surface area contributed by atoms with Gasteiger partial charge in [-0.15, -0.1) is 0 Å². The van der Waals surface area contributed by atoms with E-state index < -0.39 is 18.1 Å². The summed E-state index contributed by atoms with van der Waals surface area (Å²) in [7, 11) is 0. The van der Waals surface area contributed by atoms with Gasteiger partial charge in [-0.05, 0) is 25.0 Å². The second-order valence-corrected chi connectivity index (χ2v) is 5.11. The fourth-order valence-corrected chi connectivity index (χ4v) is 2.55. The molecule has 0 bridgehead atoms. The van der Waals surface area contributed by atoms with Crippen LogP contribution in [0.1, 0.15) is 29.9 Å². The number of benzene rings is 1. The molecule has 7 heteroatoms. The quantitative estimate of drug-likeness (QED) is 0.934. The lowest BCUT2D eigenvalue weighted by atomic mass is 9.95. The minimum atomic E-state index is -4.94. The van der Waals surface area contributed by atoms with Crippen molar-refractivity contribution in [3.05, 3.63) is 29.3 Å². The van der Waals surface area contributed by atoms with E-state index in [1.165, 1.54) is 6.07 Å². The average Bonchev–Trinajstić information content (AvgIpc) is 2.72. The number of halogens is 3. The van der Waals surface area contributed by atoms with Gasteiger partial charge in [-0.1, -0.05) is 17.7 Å². The number of anilines is 1. The zero-order chi connectivity index (χ0) is 15.8. The Labute approximate surface area is 119 Å². The van der Waals surface area contributed by atoms with Gasteiger partial charge in [0.2, 0.25) is 0 Å². The summed E-state index contributed by atoms with van der Waals surface area (Å²) in [5, 5.41) is 8.72. The Kier molecular flexibility index (Phi) is 3.93. The lowest BCUT2D eigenvalue weighted by Crippen LogP contribution is -2.40. The van der Waals surface area contributed by atoms with E-state index in [9.17, 15) is 22.8 Å². The smallest absolute Gasteiger partial charge is 0.471 e. The summed E-state index contributed by atoms with van der Waals surface area (Å²) in [5.41, 5.74) is 1.68. The first kappa shape index (κ1) is 15.3. The highest BCUT2D eigenvalue weighted by Crippen LogP contribution is 2.41. The Morgan fingerprint density at radius 2 is 2.05 bits per heavy atom. The molecule has 1 amide bonds. The number of amides is 1. The summed E-state index contributed by atoms with van der Waals surface area (Å²) in [6, 6.07) is 4.83. The molecule has 1 atom stereocenters. The number of rotatable bonds is 3. The zero-order valence-corrected chi connectivity index (χ0v) is 11.3. The maximum absolute atomic E-state index is 12.6. The highest BCUT2D eigenvalue weighted by molar-refractivity contribution is 5.99. The van der Waals surface area contributed by atoms with Gasteiger partial charge < -0.3 is 10.0 Å². The number of aliphatic carboxylic acids is 1. The number of carbonyl (C=O) groups excluding carboxylic acids is 1. The lowest BCUT2D eigenvalue weighted by molar-refractivity contribution is -0.170. The van der Waals surface area contributed by atoms with Gasteiger partial charge in [-0.25, -0.2) is 0 Å². The van der Waals surface area contributed by atoms with Crippen LogP contribution in [0.3, 0.4) is 0 Å². The number of fused-ring (bicyclic) bond motifs is 1. The molecule has 114 valence electrons. The molecule has 21 heavy (non-hydrogen) atoms. The topological polar surface area (TPSA) is 57.6 Å². The van der Waals surface area contributed by atoms with Crippen molar-refractivity contribution in [3.63, 3.8) is 0 Å². The first-order valence-corrected chi connectivity index (χ1v) is 6.41. The number of hydrogen-bond acceptors (Lipinski definition) is 2. The molecule has 2 rings (SSSR count). The molecule has 4 nitrogen and oxygen atoms in total. The molecule has 0 aliphatic carbocycles. The van der Waals surface area contributed by atoms with Crippen molar-refractivity contribution in [1.82, 2.24) is 0 Å². The van der Waals surface area contributed by atoms with Crippen LogP contribution in [-0.4, -0.2) is 29.7 Å². The molecular formula is C14H14F3NO3. The van der Waals surface area contributed by atoms with Crippen LogP contribution in [0.25, 0.3) is 0 Å². The Morgan fingerprint density at radius 1 is 1.38 bits per heavy atom. The monoisotopic (exact) mass is 301 g/mol. The van der Waals surface area contributed by atoms with Gasteiger partial charge in [0.1, 0.15) is 0 Å². The van der Waals surface area contributed by atoms with Gasteiger partial charge >= 0.3 is 18.1 Å². The molecule has 1 aliphatic heterocycles. The molecule has 0 radical (unpaired) electrons. The van der Waals surface area contributed by atoms with Crippen LogP contribution in [0.5, 0.6) is 0 Å². The van der Waals surface area contributed by atoms with Crippen molar-refractivity contribution in [2.24, 2.45) is 0 Å². The molecule has 0 saturated carbocycles. The van der Waals surface area contributed by atoms with Gasteiger partial charge in [0.15, 0.2) is 0 Å². The second-order valence-electron chi connectivity index (χ2n) is 5.11. The van der Waals surface area contributed by atoms with E-state index in [0.717, 1.165) is 5.56 Å². The Balaban J connectivity index is 2.33. The van der Waals surface area contributed by atoms with E-state index in [2.05, 4.69) is 0 Å². The van der Waals surface area contributed by atoms with Crippen molar-refractivity contribution in [2.75, 3.05) is 11.4 Å². The van der Waals surface area contributed by atoms with E-state index in [1.807, 2.05) is 0 Å². The maximum Gasteiger partial charge on any atom is 0.471 e. The van der Waals surface area contributed by atoms with Gasteiger partial charge in [-0.2, -0.15) is 13.2 Å². The van der Waals surface area contributed by atoms with Gasteiger partial charge in [0.25, 0.3) is 0 Å². The van der Waals surface area contributed by atoms with Crippen molar-refractivity contribution < 1.29 is 27.9 Å². The summed E-state index contributed by atoms with van der Waals surface area (Å²) in [6.45, 7) is 1.66. The number of carboxylic acids is 1. The first-order chi connectivity index (χ1) is 9.70. The molecule has 0 aromatic heterocycles. The fraction of sp³-hybridized carbons (Fsp3) is 0.429. The van der Waals surface area contributed by atoms with Crippen LogP contribution in [-0.2, 0) is 9.59 Å². The second kappa shape index (κ2) is 5.38. The highest BCUT2D eigenvalue weighted by Gasteiger charge is 2.46. The van der Waals surface area contributed by atoms with Gasteiger partial charge in [0.05, 0.1) is 0 Å². The number of nitrogens with zero attached hydrogens (tertiary/aromatic N) is 1. The van der Waals surface area contributed by atoms with Crippen LogP contribution >= 0.6 is 0 Å². The minimum Gasteiger partial charge on any atom is -0.481 e. The molecule has 1 aromatic rings. The van der Waals surface area contributed by atoms with Crippen molar-refractivity contribution in [3.8, 4) is 0 Å². The Hall–Kier alpha value is -2.05. The Bertz CT molecular complexity index is 583. The summed E-state index contributed by atoms with van der Waals surface area (Å²) < 4.78 is 37.9. The standard InChI is InChI=1S/C14H14F3NO3/c1-8-2-4-11-10(6-8)9(3-5-12(19)20)7-18(11)13(21)14(15,16)17/h2,4,6,9H,3,5,7H2,1H3,(H,19,20). The van der Waals surface area contributed by atoms with Crippen molar-refractivity contribution in [2.45, 2.75) is 31.9 Å². The lowest BCUT2D eigenvalue weighted by Gasteiger charge is -2.19. The zero-order valence-electron chi connectivity index (χ0n) is 11.3. The predicted octanol–water partition coefficient (Wildman–Crippen LogP) is 2.85. The number of carbonyl (C=O) groups is 2. The Morgan fingerprint density at radius 3 is 2.62 bits per heavy atom. The summed E-state index contributed by atoms with van der Waals surface area (Å²) in [5.74, 6) is -3.31. The van der Waals surface area contributed by atoms with E-state index in [4.69, 9.17) is 5.11 Å². The predicted molar refractivity (Wildman–Crippen MR) is 69.2 cm³/mol. The first-order valence-electron chi connectivity index (χ1n) is 6.41. The summed E-state index contributed by atoms with van der Waals surface area (Å²) in [4.78, 5) is 22.8. The van der Waals surface area contributed by atoms with Crippen LogP contribution in [0.15, 0.2) is 18.2 Å². The summed E-state index contributed by atoms with van der Waals surface area (Å²) in [6.07, 6.45) is -4.89. The number of aryl methyl sites for hydroxylation is 1. The molecule has 1 heterocycles. The normalized spacial score (nSPS) is 17.7. The maximum atomic E-state index is 12.6. The molecule has 1 unspecified atom stereocenters. The van der Waals surface area contributed by atoms with Crippen LogP contribution in [0.4, 0.5) is 18.9 Å². The van der Waals surface area contributed by atoms with Gasteiger partial charge in [-0.3, -0.25) is 9.59 Å². The molecule has 0 fully saturated rings. The summed E-state index contributed by atoms with van der Waals surface area (Å²) >= 11 is 0. The largest absolute Gasteiger partial charge is 0.481 e. The van der Waals surface area contributed by atoms with E-state index in [1.54, 1.807) is 19.1 Å². The van der Waals surface area contributed by atoms with Crippen molar-refractivity contribution in [1.29, 1.82) is 0 Å². The van der Waals surface area contributed by atoms with Gasteiger partial charge in [0, 0.05) is 24.6 Å².